The summed E-state index contributed by atoms with van der Waals surface area (Å²) in [5, 5.41) is 7.50. The van der Waals surface area contributed by atoms with E-state index in [4.69, 9.17) is 4.74 Å². The fraction of sp³-hybridized carbons (Fsp3) is 0.500. The Morgan fingerprint density at radius 2 is 2.22 bits per heavy atom. The van der Waals surface area contributed by atoms with E-state index >= 15 is 0 Å². The Balaban J connectivity index is 1.76. The van der Waals surface area contributed by atoms with E-state index in [1.807, 2.05) is 24.9 Å². The maximum atomic E-state index is 12.6. The second-order valence-electron chi connectivity index (χ2n) is 5.51. The highest BCUT2D eigenvalue weighted by Gasteiger charge is 2.30. The highest BCUT2D eigenvalue weighted by molar-refractivity contribution is 5.94. The molecule has 0 N–H and O–H groups in total. The molecule has 1 aliphatic heterocycles. The van der Waals surface area contributed by atoms with Crippen LogP contribution in [0.1, 0.15) is 41.8 Å². The van der Waals surface area contributed by atoms with E-state index in [9.17, 15) is 4.79 Å². The third-order valence-electron chi connectivity index (χ3n) is 4.17. The normalized spacial score (nSPS) is 17.1. The van der Waals surface area contributed by atoms with Crippen LogP contribution in [-0.4, -0.2) is 50.3 Å². The molecule has 7 heteroatoms. The quantitative estimate of drug-likeness (QED) is 0.781. The van der Waals surface area contributed by atoms with Gasteiger partial charge < -0.3 is 14.2 Å². The molecule has 23 heavy (non-hydrogen) atoms. The van der Waals surface area contributed by atoms with Gasteiger partial charge in [-0.15, -0.1) is 0 Å². The van der Waals surface area contributed by atoms with Crippen molar-refractivity contribution in [3.63, 3.8) is 0 Å². The monoisotopic (exact) mass is 315 g/mol. The standard InChI is InChI=1S/C16H21N5O2/c1-3-23-9-5-14-11-17-15-12(2)20(7-8-21(14)15)16(22)13-4-6-18-19-10-13/h4,6,10-12H,3,5,7-9H2,1-2H3/t12-/m1/s1. The van der Waals surface area contributed by atoms with Crippen LogP contribution in [-0.2, 0) is 17.7 Å². The van der Waals surface area contributed by atoms with Crippen molar-refractivity contribution in [1.29, 1.82) is 0 Å². The molecule has 0 fully saturated rings. The summed E-state index contributed by atoms with van der Waals surface area (Å²) in [6.07, 6.45) is 5.78. The summed E-state index contributed by atoms with van der Waals surface area (Å²) in [6.45, 7) is 6.84. The minimum absolute atomic E-state index is 0.0301. The number of hydrogen-bond acceptors (Lipinski definition) is 5. The van der Waals surface area contributed by atoms with Crippen molar-refractivity contribution in [3.05, 3.63) is 41.7 Å². The Morgan fingerprint density at radius 3 is 2.96 bits per heavy atom. The zero-order valence-corrected chi connectivity index (χ0v) is 13.5. The van der Waals surface area contributed by atoms with Gasteiger partial charge in [-0.1, -0.05) is 0 Å². The number of ether oxygens (including phenoxy) is 1. The number of hydrogen-bond donors (Lipinski definition) is 0. The number of amides is 1. The number of rotatable bonds is 5. The zero-order valence-electron chi connectivity index (χ0n) is 13.5. The minimum Gasteiger partial charge on any atom is -0.381 e. The van der Waals surface area contributed by atoms with E-state index in [-0.39, 0.29) is 11.9 Å². The molecule has 0 aliphatic carbocycles. The minimum atomic E-state index is -0.0646. The molecule has 1 atom stereocenters. The third kappa shape index (κ3) is 3.10. The fourth-order valence-electron chi connectivity index (χ4n) is 2.94. The second-order valence-corrected chi connectivity index (χ2v) is 5.51. The van der Waals surface area contributed by atoms with E-state index < -0.39 is 0 Å². The maximum absolute atomic E-state index is 12.6. The lowest BCUT2D eigenvalue weighted by atomic mass is 10.1. The molecule has 0 spiro atoms. The van der Waals surface area contributed by atoms with Crippen LogP contribution >= 0.6 is 0 Å². The first-order valence-electron chi connectivity index (χ1n) is 7.92. The lowest BCUT2D eigenvalue weighted by Crippen LogP contribution is -2.41. The number of nitrogens with zero attached hydrogens (tertiary/aromatic N) is 5. The number of imidazole rings is 1. The number of fused-ring (bicyclic) bond motifs is 1. The Labute approximate surface area is 135 Å². The number of carbonyl (C=O) groups excluding carboxylic acids is 1. The largest absolute Gasteiger partial charge is 0.381 e. The maximum Gasteiger partial charge on any atom is 0.256 e. The van der Waals surface area contributed by atoms with Crippen molar-refractivity contribution in [2.24, 2.45) is 0 Å². The van der Waals surface area contributed by atoms with Gasteiger partial charge in [-0.25, -0.2) is 4.98 Å². The van der Waals surface area contributed by atoms with Crippen LogP contribution < -0.4 is 0 Å². The van der Waals surface area contributed by atoms with Crippen LogP contribution in [0.2, 0.25) is 0 Å². The van der Waals surface area contributed by atoms with Crippen LogP contribution in [0.4, 0.5) is 0 Å². The van der Waals surface area contributed by atoms with Gasteiger partial charge in [0.2, 0.25) is 0 Å². The summed E-state index contributed by atoms with van der Waals surface area (Å²) < 4.78 is 7.63. The first-order chi connectivity index (χ1) is 11.2. The van der Waals surface area contributed by atoms with Crippen LogP contribution in [0.15, 0.2) is 24.7 Å². The summed E-state index contributed by atoms with van der Waals surface area (Å²) in [5.41, 5.74) is 1.72. The van der Waals surface area contributed by atoms with Crippen molar-refractivity contribution in [2.45, 2.75) is 32.9 Å². The van der Waals surface area contributed by atoms with E-state index in [1.165, 1.54) is 12.4 Å². The fourth-order valence-corrected chi connectivity index (χ4v) is 2.94. The number of aromatic nitrogens is 4. The van der Waals surface area contributed by atoms with Gasteiger partial charge in [-0.3, -0.25) is 4.79 Å². The molecule has 1 aliphatic rings. The molecule has 3 heterocycles. The van der Waals surface area contributed by atoms with Gasteiger partial charge in [0, 0.05) is 38.0 Å². The van der Waals surface area contributed by atoms with E-state index in [1.54, 1.807) is 6.07 Å². The predicted octanol–water partition coefficient (Wildman–Crippen LogP) is 1.47. The molecule has 3 rings (SSSR count). The first kappa shape index (κ1) is 15.6. The van der Waals surface area contributed by atoms with Gasteiger partial charge in [0.1, 0.15) is 5.82 Å². The molecule has 7 nitrogen and oxygen atoms in total. The molecule has 0 saturated carbocycles. The SMILES string of the molecule is CCOCCc1cnc2n1CCN(C(=O)c1ccnnc1)[C@@H]2C. The van der Waals surface area contributed by atoms with Crippen LogP contribution in [0.25, 0.3) is 0 Å². The van der Waals surface area contributed by atoms with Crippen LogP contribution in [0.3, 0.4) is 0 Å². The number of carbonyl (C=O) groups is 1. The molecule has 0 saturated heterocycles. The Morgan fingerprint density at radius 1 is 1.35 bits per heavy atom. The molecule has 0 aromatic carbocycles. The lowest BCUT2D eigenvalue weighted by Gasteiger charge is -2.34. The highest BCUT2D eigenvalue weighted by Crippen LogP contribution is 2.26. The Hall–Kier alpha value is -2.28. The van der Waals surface area contributed by atoms with Gasteiger partial charge in [0.05, 0.1) is 30.6 Å². The molecule has 2 aromatic heterocycles. The van der Waals surface area contributed by atoms with Crippen molar-refractivity contribution < 1.29 is 9.53 Å². The predicted molar refractivity (Wildman–Crippen MR) is 83.9 cm³/mol. The smallest absolute Gasteiger partial charge is 0.256 e. The molecule has 1 amide bonds. The Kier molecular flexibility index (Phi) is 4.66. The Bertz CT molecular complexity index is 670. The molecule has 0 unspecified atom stereocenters. The van der Waals surface area contributed by atoms with Gasteiger partial charge in [0.15, 0.2) is 0 Å². The molecule has 2 aromatic rings. The van der Waals surface area contributed by atoms with E-state index in [2.05, 4.69) is 19.7 Å². The molecular formula is C16H21N5O2. The third-order valence-corrected chi connectivity index (χ3v) is 4.17. The summed E-state index contributed by atoms with van der Waals surface area (Å²) in [4.78, 5) is 19.0. The molecular weight excluding hydrogens is 294 g/mol. The van der Waals surface area contributed by atoms with Gasteiger partial charge in [0.25, 0.3) is 5.91 Å². The van der Waals surface area contributed by atoms with E-state index in [0.29, 0.717) is 18.7 Å². The summed E-state index contributed by atoms with van der Waals surface area (Å²) in [7, 11) is 0. The summed E-state index contributed by atoms with van der Waals surface area (Å²) >= 11 is 0. The average molecular weight is 315 g/mol. The van der Waals surface area contributed by atoms with Gasteiger partial charge in [-0.05, 0) is 19.9 Å². The molecule has 122 valence electrons. The second kappa shape index (κ2) is 6.87. The van der Waals surface area contributed by atoms with Gasteiger partial charge >= 0.3 is 0 Å². The van der Waals surface area contributed by atoms with Gasteiger partial charge in [-0.2, -0.15) is 10.2 Å². The van der Waals surface area contributed by atoms with Crippen molar-refractivity contribution >= 4 is 5.91 Å². The molecule has 0 radical (unpaired) electrons. The van der Waals surface area contributed by atoms with Crippen molar-refractivity contribution in [2.75, 3.05) is 19.8 Å². The summed E-state index contributed by atoms with van der Waals surface area (Å²) in [5.74, 6) is 0.899. The lowest BCUT2D eigenvalue weighted by molar-refractivity contribution is 0.0634. The van der Waals surface area contributed by atoms with Crippen LogP contribution in [0, 0.1) is 0 Å². The summed E-state index contributed by atoms with van der Waals surface area (Å²) in [6, 6.07) is 1.63. The molecule has 0 bridgehead atoms. The average Bonchev–Trinajstić information content (AvgIpc) is 3.00. The highest BCUT2D eigenvalue weighted by atomic mass is 16.5. The van der Waals surface area contributed by atoms with Crippen molar-refractivity contribution in [1.82, 2.24) is 24.6 Å². The zero-order chi connectivity index (χ0) is 16.2. The topological polar surface area (TPSA) is 73.1 Å². The van der Waals surface area contributed by atoms with Crippen LogP contribution in [0.5, 0.6) is 0 Å². The van der Waals surface area contributed by atoms with E-state index in [0.717, 1.165) is 31.1 Å². The first-order valence-corrected chi connectivity index (χ1v) is 7.92. The van der Waals surface area contributed by atoms with Crippen molar-refractivity contribution in [3.8, 4) is 0 Å².